The first-order valence-corrected chi connectivity index (χ1v) is 6.61. The molecule has 0 aromatic heterocycles. The van der Waals surface area contributed by atoms with Crippen molar-refractivity contribution in [1.82, 2.24) is 5.32 Å². The van der Waals surface area contributed by atoms with Gasteiger partial charge in [0.2, 0.25) is 5.91 Å². The van der Waals surface area contributed by atoms with Gasteiger partial charge in [-0.25, -0.2) is 0 Å². The van der Waals surface area contributed by atoms with E-state index in [0.717, 1.165) is 11.3 Å². The molecule has 1 amide bonds. The molecule has 1 atom stereocenters. The predicted molar refractivity (Wildman–Crippen MR) is 76.0 cm³/mol. The molecule has 0 radical (unpaired) electrons. The van der Waals surface area contributed by atoms with Crippen molar-refractivity contribution >= 4 is 28.5 Å². The smallest absolute Gasteiger partial charge is 0.239 e. The molecule has 5 heteroatoms. The van der Waals surface area contributed by atoms with Crippen molar-refractivity contribution in [3.63, 3.8) is 0 Å². The molecule has 1 aromatic carbocycles. The van der Waals surface area contributed by atoms with Gasteiger partial charge < -0.3 is 5.32 Å². The van der Waals surface area contributed by atoms with E-state index < -0.39 is 0 Å². The molecule has 4 nitrogen and oxygen atoms in total. The van der Waals surface area contributed by atoms with Crippen molar-refractivity contribution in [3.8, 4) is 0 Å². The maximum absolute atomic E-state index is 11.3. The summed E-state index contributed by atoms with van der Waals surface area (Å²) >= 11 is 1.40. The fourth-order valence-corrected chi connectivity index (χ4v) is 2.23. The monoisotopic (exact) mass is 261 g/mol. The molecular formula is C13H15N3OS. The van der Waals surface area contributed by atoms with E-state index in [9.17, 15) is 4.79 Å². The van der Waals surface area contributed by atoms with Crippen LogP contribution in [0, 0.1) is 6.92 Å². The van der Waals surface area contributed by atoms with Crippen molar-refractivity contribution < 1.29 is 4.79 Å². The van der Waals surface area contributed by atoms with Crippen LogP contribution < -0.4 is 5.32 Å². The number of nitrogens with one attached hydrogen (secondary N) is 1. The fourth-order valence-electron chi connectivity index (χ4n) is 1.48. The first kappa shape index (κ1) is 12.8. The number of hydrogen-bond acceptors (Lipinski definition) is 4. The molecule has 94 valence electrons. The molecule has 1 fully saturated rings. The van der Waals surface area contributed by atoms with Crippen molar-refractivity contribution in [2.24, 2.45) is 10.2 Å². The van der Waals surface area contributed by atoms with Gasteiger partial charge in [0.25, 0.3) is 0 Å². The van der Waals surface area contributed by atoms with Crippen molar-refractivity contribution in [2.75, 3.05) is 0 Å². The molecule has 1 saturated heterocycles. The van der Waals surface area contributed by atoms with E-state index in [-0.39, 0.29) is 11.2 Å². The largest absolute Gasteiger partial charge is 0.303 e. The first-order chi connectivity index (χ1) is 8.56. The van der Waals surface area contributed by atoms with Gasteiger partial charge in [-0.15, -0.1) is 5.10 Å². The number of carbonyl (C=O) groups is 1. The van der Waals surface area contributed by atoms with Crippen LogP contribution in [0.4, 0.5) is 0 Å². The highest BCUT2D eigenvalue weighted by Crippen LogP contribution is 2.18. The molecule has 1 N–H and O–H groups in total. The van der Waals surface area contributed by atoms with Crippen LogP contribution in [0.25, 0.3) is 0 Å². The number of amides is 1. The van der Waals surface area contributed by atoms with Gasteiger partial charge in [0, 0.05) is 0 Å². The summed E-state index contributed by atoms with van der Waals surface area (Å²) in [6.07, 6.45) is 0. The maximum Gasteiger partial charge on any atom is 0.239 e. The number of rotatable bonds is 2. The Morgan fingerprint density at radius 3 is 2.56 bits per heavy atom. The van der Waals surface area contributed by atoms with E-state index in [1.165, 1.54) is 17.3 Å². The Kier molecular flexibility index (Phi) is 3.81. The number of nitrogens with zero attached hydrogens (tertiary/aromatic N) is 2. The van der Waals surface area contributed by atoms with Gasteiger partial charge in [-0.05, 0) is 26.3 Å². The van der Waals surface area contributed by atoms with Gasteiger partial charge in [-0.2, -0.15) is 5.10 Å². The van der Waals surface area contributed by atoms with Crippen LogP contribution in [0.5, 0.6) is 0 Å². The minimum atomic E-state index is -0.0846. The molecule has 1 unspecified atom stereocenters. The van der Waals surface area contributed by atoms with Gasteiger partial charge in [0.1, 0.15) is 0 Å². The summed E-state index contributed by atoms with van der Waals surface area (Å²) < 4.78 is 0. The second-order valence-corrected chi connectivity index (χ2v) is 5.54. The van der Waals surface area contributed by atoms with Crippen molar-refractivity contribution in [1.29, 1.82) is 0 Å². The average molecular weight is 261 g/mol. The standard InChI is InChI=1S/C13H15N3OS/c1-8-4-6-11(7-5-8)9(2)15-16-13-14-12(17)10(3)18-13/h4-7,10H,1-3H3,(H,14,16,17)/b15-9+. The van der Waals surface area contributed by atoms with Gasteiger partial charge in [-0.3, -0.25) is 4.79 Å². The Morgan fingerprint density at radius 2 is 2.00 bits per heavy atom. The third kappa shape index (κ3) is 2.98. The molecule has 0 aliphatic carbocycles. The Morgan fingerprint density at radius 1 is 1.33 bits per heavy atom. The summed E-state index contributed by atoms with van der Waals surface area (Å²) in [4.78, 5) is 11.3. The van der Waals surface area contributed by atoms with E-state index in [4.69, 9.17) is 0 Å². The molecule has 1 aromatic rings. The first-order valence-electron chi connectivity index (χ1n) is 5.73. The second kappa shape index (κ2) is 5.35. The highest BCUT2D eigenvalue weighted by atomic mass is 32.2. The Labute approximate surface area is 111 Å². The van der Waals surface area contributed by atoms with Crippen LogP contribution in [0.2, 0.25) is 0 Å². The highest BCUT2D eigenvalue weighted by Gasteiger charge is 2.25. The minimum absolute atomic E-state index is 0.0121. The molecule has 0 saturated carbocycles. The molecule has 1 aliphatic heterocycles. The van der Waals surface area contributed by atoms with E-state index in [1.807, 2.05) is 45.0 Å². The zero-order valence-corrected chi connectivity index (χ0v) is 11.4. The van der Waals surface area contributed by atoms with Gasteiger partial charge in [0.15, 0.2) is 5.17 Å². The lowest BCUT2D eigenvalue weighted by Crippen LogP contribution is -2.23. The Bertz CT molecular complexity index is 520. The SMILES string of the molecule is C/C(=N\N=C1/NC(=O)C(C)S1)c1ccc(C)cc1. The van der Waals surface area contributed by atoms with Gasteiger partial charge in [0.05, 0.1) is 11.0 Å². The predicted octanol–water partition coefficient (Wildman–Crippen LogP) is 2.33. The molecule has 1 heterocycles. The molecule has 2 rings (SSSR count). The lowest BCUT2D eigenvalue weighted by molar-refractivity contribution is -0.118. The molecular weight excluding hydrogens is 246 g/mol. The molecule has 0 spiro atoms. The number of thioether (sulfide) groups is 1. The van der Waals surface area contributed by atoms with Crippen LogP contribution in [0.3, 0.4) is 0 Å². The summed E-state index contributed by atoms with van der Waals surface area (Å²) in [5.74, 6) is -0.0121. The third-order valence-electron chi connectivity index (χ3n) is 2.65. The molecule has 1 aliphatic rings. The zero-order chi connectivity index (χ0) is 13.1. The minimum Gasteiger partial charge on any atom is -0.303 e. The summed E-state index contributed by atoms with van der Waals surface area (Å²) in [6.45, 7) is 5.79. The van der Waals surface area contributed by atoms with Gasteiger partial charge >= 0.3 is 0 Å². The van der Waals surface area contributed by atoms with E-state index in [1.54, 1.807) is 0 Å². The average Bonchev–Trinajstić information content (AvgIpc) is 2.67. The number of amidine groups is 1. The van der Waals surface area contributed by atoms with Crippen LogP contribution >= 0.6 is 11.8 Å². The summed E-state index contributed by atoms with van der Waals surface area (Å²) in [5.41, 5.74) is 3.08. The molecule has 18 heavy (non-hydrogen) atoms. The van der Waals surface area contributed by atoms with Crippen LogP contribution in [-0.4, -0.2) is 22.0 Å². The summed E-state index contributed by atoms with van der Waals surface area (Å²) in [5, 5.41) is 11.4. The quantitative estimate of drug-likeness (QED) is 0.656. The number of benzene rings is 1. The van der Waals surface area contributed by atoms with Crippen LogP contribution in [0.15, 0.2) is 34.5 Å². The molecule has 0 bridgehead atoms. The highest BCUT2D eigenvalue weighted by molar-refractivity contribution is 8.15. The maximum atomic E-state index is 11.3. The normalized spacial score (nSPS) is 22.4. The van der Waals surface area contributed by atoms with Crippen LogP contribution in [-0.2, 0) is 4.79 Å². The van der Waals surface area contributed by atoms with Gasteiger partial charge in [-0.1, -0.05) is 41.6 Å². The lowest BCUT2D eigenvalue weighted by Gasteiger charge is -1.99. The van der Waals surface area contributed by atoms with Crippen molar-refractivity contribution in [2.45, 2.75) is 26.0 Å². The van der Waals surface area contributed by atoms with E-state index in [2.05, 4.69) is 15.5 Å². The lowest BCUT2D eigenvalue weighted by atomic mass is 10.1. The number of aryl methyl sites for hydroxylation is 1. The van der Waals surface area contributed by atoms with E-state index >= 15 is 0 Å². The zero-order valence-electron chi connectivity index (χ0n) is 10.6. The van der Waals surface area contributed by atoms with E-state index in [0.29, 0.717) is 5.17 Å². The van der Waals surface area contributed by atoms with Crippen LogP contribution in [0.1, 0.15) is 25.0 Å². The Hall–Kier alpha value is -1.62. The second-order valence-electron chi connectivity index (χ2n) is 4.21. The number of carbonyl (C=O) groups excluding carboxylic acids is 1. The third-order valence-corrected chi connectivity index (χ3v) is 3.62. The Balaban J connectivity index is 2.12. The van der Waals surface area contributed by atoms with Crippen molar-refractivity contribution in [3.05, 3.63) is 35.4 Å². The summed E-state index contributed by atoms with van der Waals surface area (Å²) in [7, 11) is 0. The number of hydrogen-bond donors (Lipinski definition) is 1. The topological polar surface area (TPSA) is 53.8 Å². The fraction of sp³-hybridized carbons (Fsp3) is 0.308. The summed E-state index contributed by atoms with van der Waals surface area (Å²) in [6, 6.07) is 8.10.